The second-order valence-electron chi connectivity index (χ2n) is 1.23. The van der Waals surface area contributed by atoms with E-state index in [9.17, 15) is 8.42 Å². The predicted octanol–water partition coefficient (Wildman–Crippen LogP) is -1.34. The molecule has 5 heteroatoms. The third-order valence-electron chi connectivity index (χ3n) is 0.708. The fourth-order valence-electron chi connectivity index (χ4n) is 0.240. The van der Waals surface area contributed by atoms with Crippen LogP contribution in [0.1, 0.15) is 0 Å². The van der Waals surface area contributed by atoms with E-state index in [2.05, 4.69) is 4.18 Å². The van der Waals surface area contributed by atoms with Crippen molar-refractivity contribution in [2.45, 2.75) is 5.44 Å². The van der Waals surface area contributed by atoms with Crippen LogP contribution in [0.15, 0.2) is 0 Å². The molecule has 0 bridgehead atoms. The summed E-state index contributed by atoms with van der Waals surface area (Å²) < 4.78 is 23.8. The number of rotatable bonds is 0. The summed E-state index contributed by atoms with van der Waals surface area (Å²) in [6.45, 7) is -0.0810. The Morgan fingerprint density at radius 3 is 2.14 bits per heavy atom. The summed E-state index contributed by atoms with van der Waals surface area (Å²) in [5.41, 5.74) is -1.27. The van der Waals surface area contributed by atoms with E-state index in [0.29, 0.717) is 0 Å². The van der Waals surface area contributed by atoms with E-state index in [1.807, 2.05) is 0 Å². The zero-order chi connectivity index (χ0) is 5.49. The molecule has 1 heterocycles. The Morgan fingerprint density at radius 1 is 1.71 bits per heavy atom. The van der Waals surface area contributed by atoms with Gasteiger partial charge in [0.15, 0.2) is 0 Å². The molecular weight excluding hydrogens is 120 g/mol. The highest BCUT2D eigenvalue weighted by atomic mass is 32.2. The summed E-state index contributed by atoms with van der Waals surface area (Å²) >= 11 is 0. The average Bonchev–Trinajstić information content (AvgIpc) is 1.63. The van der Waals surface area contributed by atoms with E-state index in [4.69, 9.17) is 5.11 Å². The first kappa shape index (κ1) is 5.02. The summed E-state index contributed by atoms with van der Waals surface area (Å²) in [4.78, 5) is 0. The van der Waals surface area contributed by atoms with E-state index < -0.39 is 15.6 Å². The maximum Gasteiger partial charge on any atom is 0.297 e. The fraction of sp³-hybridized carbons (Fsp3) is 1.00. The Bertz CT molecular complexity index is 157. The lowest BCUT2D eigenvalue weighted by Crippen LogP contribution is -2.39. The smallest absolute Gasteiger partial charge is 0.297 e. The minimum absolute atomic E-state index is 0.0810. The Balaban J connectivity index is 2.79. The van der Waals surface area contributed by atoms with Crippen molar-refractivity contribution >= 4 is 10.1 Å². The molecule has 4 nitrogen and oxygen atoms in total. The van der Waals surface area contributed by atoms with Gasteiger partial charge in [0, 0.05) is 0 Å². The Kier molecular flexibility index (Phi) is 0.844. The van der Waals surface area contributed by atoms with Crippen LogP contribution in [-0.2, 0) is 14.3 Å². The van der Waals surface area contributed by atoms with E-state index in [-0.39, 0.29) is 6.61 Å². The second kappa shape index (κ2) is 1.18. The van der Waals surface area contributed by atoms with Gasteiger partial charge in [-0.2, -0.15) is 8.42 Å². The van der Waals surface area contributed by atoms with Crippen molar-refractivity contribution in [2.24, 2.45) is 0 Å². The summed E-state index contributed by atoms with van der Waals surface area (Å²) in [5.74, 6) is 0. The van der Waals surface area contributed by atoms with Crippen LogP contribution in [-0.4, -0.2) is 25.6 Å². The lowest BCUT2D eigenvalue weighted by Gasteiger charge is -2.19. The van der Waals surface area contributed by atoms with Gasteiger partial charge < -0.3 is 5.11 Å². The van der Waals surface area contributed by atoms with Crippen molar-refractivity contribution in [3.63, 3.8) is 0 Å². The van der Waals surface area contributed by atoms with Crippen LogP contribution in [0.3, 0.4) is 0 Å². The molecule has 1 saturated heterocycles. The second-order valence-corrected chi connectivity index (χ2v) is 3.00. The van der Waals surface area contributed by atoms with Gasteiger partial charge in [0.1, 0.15) is 6.61 Å². The third kappa shape index (κ3) is 0.624. The van der Waals surface area contributed by atoms with Crippen LogP contribution in [0.2, 0.25) is 0 Å². The highest BCUT2D eigenvalue weighted by Gasteiger charge is 2.34. The molecular formula is C2H4O4S. The Morgan fingerprint density at radius 2 is 2.14 bits per heavy atom. The van der Waals surface area contributed by atoms with Crippen molar-refractivity contribution in [1.82, 2.24) is 0 Å². The van der Waals surface area contributed by atoms with Gasteiger partial charge in [0.2, 0.25) is 5.44 Å². The molecule has 0 amide bonds. The zero-order valence-electron chi connectivity index (χ0n) is 3.36. The van der Waals surface area contributed by atoms with E-state index in [1.54, 1.807) is 0 Å². The van der Waals surface area contributed by atoms with Crippen molar-refractivity contribution in [1.29, 1.82) is 0 Å². The molecule has 0 aromatic carbocycles. The van der Waals surface area contributed by atoms with E-state index >= 15 is 0 Å². The predicted molar refractivity (Wildman–Crippen MR) is 20.9 cm³/mol. The maximum atomic E-state index is 9.95. The van der Waals surface area contributed by atoms with E-state index in [1.165, 1.54) is 0 Å². The van der Waals surface area contributed by atoms with Gasteiger partial charge in [-0.25, -0.2) is 0 Å². The lowest BCUT2D eigenvalue weighted by molar-refractivity contribution is 0.102. The van der Waals surface area contributed by atoms with E-state index in [0.717, 1.165) is 0 Å². The molecule has 0 aliphatic carbocycles. The van der Waals surface area contributed by atoms with Gasteiger partial charge >= 0.3 is 0 Å². The molecule has 0 radical (unpaired) electrons. The molecule has 1 rings (SSSR count). The van der Waals surface area contributed by atoms with Gasteiger partial charge in [-0.1, -0.05) is 0 Å². The third-order valence-corrected chi connectivity index (χ3v) is 1.98. The van der Waals surface area contributed by atoms with Crippen LogP contribution in [0.4, 0.5) is 0 Å². The topological polar surface area (TPSA) is 63.6 Å². The Labute approximate surface area is 40.8 Å². The van der Waals surface area contributed by atoms with Crippen molar-refractivity contribution in [3.8, 4) is 0 Å². The minimum Gasteiger partial charge on any atom is -0.373 e. The molecule has 0 spiro atoms. The minimum atomic E-state index is -3.50. The largest absolute Gasteiger partial charge is 0.373 e. The molecule has 1 atom stereocenters. The van der Waals surface area contributed by atoms with Crippen molar-refractivity contribution < 1.29 is 17.7 Å². The number of aliphatic hydroxyl groups excluding tert-OH is 1. The number of hydrogen-bond donors (Lipinski definition) is 1. The summed E-state index contributed by atoms with van der Waals surface area (Å²) in [7, 11) is -3.50. The monoisotopic (exact) mass is 124 g/mol. The first-order valence-electron chi connectivity index (χ1n) is 1.69. The van der Waals surface area contributed by atoms with Gasteiger partial charge in [-0.15, -0.1) is 0 Å². The number of aliphatic hydroxyl groups is 1. The lowest BCUT2D eigenvalue weighted by atomic mass is 10.8. The van der Waals surface area contributed by atoms with Crippen LogP contribution >= 0.6 is 0 Å². The Hall–Kier alpha value is -0.130. The SMILES string of the molecule is O=S1(=O)OCC1O. The molecule has 0 saturated carbocycles. The molecule has 0 aromatic heterocycles. The molecule has 1 N–H and O–H groups in total. The molecule has 0 aromatic rings. The highest BCUT2D eigenvalue weighted by molar-refractivity contribution is 7.88. The standard InChI is InChI=1S/C2H4O4S/c3-2-1-6-7(2,4)5/h2-3H,1H2. The first-order chi connectivity index (χ1) is 3.13. The summed E-state index contributed by atoms with van der Waals surface area (Å²) in [6, 6.07) is 0. The highest BCUT2D eigenvalue weighted by Crippen LogP contribution is 2.12. The number of hydrogen-bond acceptors (Lipinski definition) is 4. The van der Waals surface area contributed by atoms with Crippen LogP contribution in [0.5, 0.6) is 0 Å². The van der Waals surface area contributed by atoms with Crippen LogP contribution in [0.25, 0.3) is 0 Å². The van der Waals surface area contributed by atoms with Gasteiger partial charge in [-0.05, 0) is 0 Å². The normalized spacial score (nSPS) is 37.0. The summed E-state index contributed by atoms with van der Waals surface area (Å²) in [6.07, 6.45) is 0. The molecule has 7 heavy (non-hydrogen) atoms. The maximum absolute atomic E-state index is 9.95. The van der Waals surface area contributed by atoms with Crippen molar-refractivity contribution in [3.05, 3.63) is 0 Å². The van der Waals surface area contributed by atoms with Gasteiger partial charge in [0.25, 0.3) is 10.1 Å². The van der Waals surface area contributed by atoms with Gasteiger partial charge in [0.05, 0.1) is 0 Å². The zero-order valence-corrected chi connectivity index (χ0v) is 4.18. The summed E-state index contributed by atoms with van der Waals surface area (Å²) in [5, 5.41) is 8.26. The molecule has 1 aliphatic rings. The molecule has 1 fully saturated rings. The quantitative estimate of drug-likeness (QED) is 0.406. The van der Waals surface area contributed by atoms with Crippen LogP contribution in [0, 0.1) is 0 Å². The first-order valence-corrected chi connectivity index (χ1v) is 3.16. The average molecular weight is 124 g/mol. The van der Waals surface area contributed by atoms with Crippen LogP contribution < -0.4 is 0 Å². The molecule has 1 unspecified atom stereocenters. The fourth-order valence-corrected chi connectivity index (χ4v) is 0.720. The van der Waals surface area contributed by atoms with Gasteiger partial charge in [-0.3, -0.25) is 4.18 Å². The van der Waals surface area contributed by atoms with Crippen molar-refractivity contribution in [2.75, 3.05) is 6.61 Å². The molecule has 1 aliphatic heterocycles. The molecule has 42 valence electrons.